The molecule has 128 valence electrons. The number of nitrogens with one attached hydrogen (secondary N) is 2. The molecule has 24 heavy (non-hydrogen) atoms. The van der Waals surface area contributed by atoms with Gasteiger partial charge in [-0.1, -0.05) is 23.7 Å². The lowest BCUT2D eigenvalue weighted by atomic mass is 10.3. The third-order valence-electron chi connectivity index (χ3n) is 3.10. The maximum atomic E-state index is 11.7. The van der Waals surface area contributed by atoms with Crippen LogP contribution in [0.5, 0.6) is 5.75 Å². The van der Waals surface area contributed by atoms with Crippen molar-refractivity contribution in [2.24, 2.45) is 0 Å². The summed E-state index contributed by atoms with van der Waals surface area (Å²) in [7, 11) is 0. The maximum absolute atomic E-state index is 11.7. The predicted octanol–water partition coefficient (Wildman–Crippen LogP) is 3.11. The lowest BCUT2D eigenvalue weighted by Gasteiger charge is -2.08. The molecule has 0 spiro atoms. The Labute approximate surface area is 150 Å². The van der Waals surface area contributed by atoms with E-state index in [1.54, 1.807) is 24.3 Å². The number of hydrogen-bond donors (Lipinski definition) is 2. The molecule has 0 aliphatic carbocycles. The number of amides is 2. The highest BCUT2D eigenvalue weighted by Gasteiger charge is 2.06. The van der Waals surface area contributed by atoms with E-state index in [1.165, 1.54) is 11.3 Å². The summed E-state index contributed by atoms with van der Waals surface area (Å²) in [5.74, 6) is 0.517. The molecule has 0 unspecified atom stereocenters. The fraction of sp³-hybridized carbons (Fsp3) is 0.294. The Hall–Kier alpha value is -2.05. The van der Waals surface area contributed by atoms with Crippen molar-refractivity contribution in [2.75, 3.05) is 19.7 Å². The van der Waals surface area contributed by atoms with Crippen LogP contribution in [0.3, 0.4) is 0 Å². The molecule has 0 bridgehead atoms. The van der Waals surface area contributed by atoms with Gasteiger partial charge in [0.05, 0.1) is 11.4 Å². The minimum Gasteiger partial charge on any atom is -0.492 e. The molecular formula is C17H19ClN2O3S. The topological polar surface area (TPSA) is 67.4 Å². The molecule has 0 atom stereocenters. The fourth-order valence-electron chi connectivity index (χ4n) is 1.95. The van der Waals surface area contributed by atoms with E-state index in [0.29, 0.717) is 48.2 Å². The van der Waals surface area contributed by atoms with E-state index < -0.39 is 0 Å². The molecule has 0 saturated heterocycles. The molecule has 2 N–H and O–H groups in total. The van der Waals surface area contributed by atoms with Crippen LogP contribution in [0.1, 0.15) is 22.5 Å². The van der Waals surface area contributed by atoms with Crippen LogP contribution in [-0.2, 0) is 4.79 Å². The largest absolute Gasteiger partial charge is 0.492 e. The zero-order valence-corrected chi connectivity index (χ0v) is 14.7. The third kappa shape index (κ3) is 6.60. The Kier molecular flexibility index (Phi) is 7.58. The fourth-order valence-corrected chi connectivity index (χ4v) is 2.77. The van der Waals surface area contributed by atoms with E-state index in [0.717, 1.165) is 0 Å². The number of ether oxygens (including phenoxy) is 1. The number of hydrogen-bond acceptors (Lipinski definition) is 4. The first-order valence-electron chi connectivity index (χ1n) is 7.62. The zero-order valence-electron chi connectivity index (χ0n) is 13.1. The predicted molar refractivity (Wildman–Crippen MR) is 95.8 cm³/mol. The van der Waals surface area contributed by atoms with Gasteiger partial charge in [0.2, 0.25) is 5.91 Å². The van der Waals surface area contributed by atoms with Crippen molar-refractivity contribution in [1.82, 2.24) is 10.6 Å². The normalized spacial score (nSPS) is 10.2. The van der Waals surface area contributed by atoms with Crippen molar-refractivity contribution in [1.29, 1.82) is 0 Å². The Morgan fingerprint density at radius 3 is 2.75 bits per heavy atom. The molecule has 1 aromatic heterocycles. The van der Waals surface area contributed by atoms with E-state index in [2.05, 4.69) is 10.6 Å². The molecular weight excluding hydrogens is 348 g/mol. The van der Waals surface area contributed by atoms with Gasteiger partial charge < -0.3 is 15.4 Å². The average Bonchev–Trinajstić information content (AvgIpc) is 3.10. The summed E-state index contributed by atoms with van der Waals surface area (Å²) in [6.07, 6.45) is 0.958. The monoisotopic (exact) mass is 366 g/mol. The van der Waals surface area contributed by atoms with Gasteiger partial charge in [-0.05, 0) is 36.1 Å². The Morgan fingerprint density at radius 1 is 1.12 bits per heavy atom. The summed E-state index contributed by atoms with van der Waals surface area (Å²) in [6.45, 7) is 1.28. The standard InChI is InChI=1S/C17H19ClN2O3S/c18-13-4-1-5-14(12-13)23-10-9-19-16(21)7-2-8-20-17(22)15-6-3-11-24-15/h1,3-6,11-12H,2,7-10H2,(H,19,21)(H,20,22). The highest BCUT2D eigenvalue weighted by atomic mass is 35.5. The van der Waals surface area contributed by atoms with E-state index in [1.807, 2.05) is 17.5 Å². The van der Waals surface area contributed by atoms with Gasteiger partial charge in [-0.25, -0.2) is 0 Å². The number of thiophene rings is 1. The van der Waals surface area contributed by atoms with Crippen molar-refractivity contribution >= 4 is 34.8 Å². The highest BCUT2D eigenvalue weighted by Crippen LogP contribution is 2.16. The highest BCUT2D eigenvalue weighted by molar-refractivity contribution is 7.12. The van der Waals surface area contributed by atoms with Crippen LogP contribution in [0, 0.1) is 0 Å². The minimum absolute atomic E-state index is 0.0601. The van der Waals surface area contributed by atoms with Crippen LogP contribution in [-0.4, -0.2) is 31.5 Å². The van der Waals surface area contributed by atoms with Crippen molar-refractivity contribution in [3.8, 4) is 5.75 Å². The number of benzene rings is 1. The van der Waals surface area contributed by atoms with Crippen molar-refractivity contribution < 1.29 is 14.3 Å². The van der Waals surface area contributed by atoms with Crippen LogP contribution >= 0.6 is 22.9 Å². The van der Waals surface area contributed by atoms with E-state index in [4.69, 9.17) is 16.3 Å². The van der Waals surface area contributed by atoms with Crippen molar-refractivity contribution in [3.63, 3.8) is 0 Å². The molecule has 1 heterocycles. The molecule has 7 heteroatoms. The zero-order chi connectivity index (χ0) is 17.2. The molecule has 0 saturated carbocycles. The SMILES string of the molecule is O=C(CCCNC(=O)c1cccs1)NCCOc1cccc(Cl)c1. The molecule has 2 amide bonds. The first kappa shape index (κ1) is 18.3. The molecule has 2 aromatic rings. The number of halogens is 1. The average molecular weight is 367 g/mol. The Morgan fingerprint density at radius 2 is 2.00 bits per heavy atom. The Balaban J connectivity index is 1.51. The van der Waals surface area contributed by atoms with Gasteiger partial charge in [0.1, 0.15) is 12.4 Å². The van der Waals surface area contributed by atoms with Gasteiger partial charge >= 0.3 is 0 Å². The molecule has 0 fully saturated rings. The molecule has 0 aliphatic heterocycles. The second-order valence-electron chi connectivity index (χ2n) is 4.99. The van der Waals surface area contributed by atoms with Crippen LogP contribution in [0.2, 0.25) is 5.02 Å². The lowest BCUT2D eigenvalue weighted by molar-refractivity contribution is -0.121. The summed E-state index contributed by atoms with van der Waals surface area (Å²) in [5, 5.41) is 8.03. The van der Waals surface area contributed by atoms with Crippen LogP contribution < -0.4 is 15.4 Å². The first-order chi connectivity index (χ1) is 11.6. The van der Waals surface area contributed by atoms with E-state index >= 15 is 0 Å². The van der Waals surface area contributed by atoms with Gasteiger partial charge in [0.15, 0.2) is 0 Å². The van der Waals surface area contributed by atoms with Crippen LogP contribution in [0.25, 0.3) is 0 Å². The van der Waals surface area contributed by atoms with Crippen LogP contribution in [0.4, 0.5) is 0 Å². The smallest absolute Gasteiger partial charge is 0.261 e. The van der Waals surface area contributed by atoms with Gasteiger partial charge in [0.25, 0.3) is 5.91 Å². The van der Waals surface area contributed by atoms with Crippen LogP contribution in [0.15, 0.2) is 41.8 Å². The number of carbonyl (C=O) groups excluding carboxylic acids is 2. The lowest BCUT2D eigenvalue weighted by Crippen LogP contribution is -2.29. The van der Waals surface area contributed by atoms with E-state index in [-0.39, 0.29) is 11.8 Å². The summed E-state index contributed by atoms with van der Waals surface area (Å²) in [4.78, 5) is 24.1. The first-order valence-corrected chi connectivity index (χ1v) is 8.87. The van der Waals surface area contributed by atoms with Gasteiger partial charge in [-0.15, -0.1) is 11.3 Å². The van der Waals surface area contributed by atoms with E-state index in [9.17, 15) is 9.59 Å². The molecule has 0 radical (unpaired) electrons. The summed E-state index contributed by atoms with van der Waals surface area (Å²) in [5.41, 5.74) is 0. The number of carbonyl (C=O) groups is 2. The third-order valence-corrected chi connectivity index (χ3v) is 4.20. The van der Waals surface area contributed by atoms with Gasteiger partial charge in [0, 0.05) is 18.0 Å². The molecule has 5 nitrogen and oxygen atoms in total. The minimum atomic E-state index is -0.0969. The van der Waals surface area contributed by atoms with Gasteiger partial charge in [-0.2, -0.15) is 0 Å². The summed E-state index contributed by atoms with van der Waals surface area (Å²) >= 11 is 7.25. The summed E-state index contributed by atoms with van der Waals surface area (Å²) < 4.78 is 5.48. The van der Waals surface area contributed by atoms with Crippen molar-refractivity contribution in [3.05, 3.63) is 51.7 Å². The molecule has 0 aliphatic rings. The second-order valence-corrected chi connectivity index (χ2v) is 6.38. The summed E-state index contributed by atoms with van der Waals surface area (Å²) in [6, 6.07) is 10.7. The maximum Gasteiger partial charge on any atom is 0.261 e. The van der Waals surface area contributed by atoms with Crippen molar-refractivity contribution in [2.45, 2.75) is 12.8 Å². The Bertz CT molecular complexity index is 662. The molecule has 1 aromatic carbocycles. The second kappa shape index (κ2) is 9.95. The van der Waals surface area contributed by atoms with Gasteiger partial charge in [-0.3, -0.25) is 9.59 Å². The quantitative estimate of drug-likeness (QED) is 0.670. The molecule has 2 rings (SSSR count). The number of rotatable bonds is 9.